The van der Waals surface area contributed by atoms with Gasteiger partial charge in [-0.2, -0.15) is 0 Å². The zero-order chi connectivity index (χ0) is 12.5. The van der Waals surface area contributed by atoms with E-state index in [9.17, 15) is 0 Å². The second kappa shape index (κ2) is 4.42. The zero-order valence-corrected chi connectivity index (χ0v) is 11.2. The van der Waals surface area contributed by atoms with Gasteiger partial charge >= 0.3 is 0 Å². The lowest BCUT2D eigenvalue weighted by Crippen LogP contribution is -2.07. The van der Waals surface area contributed by atoms with E-state index >= 15 is 0 Å². The molecule has 2 aromatic carbocycles. The Morgan fingerprint density at radius 1 is 0.944 bits per heavy atom. The normalized spacial score (nSPS) is 10.8. The van der Waals surface area contributed by atoms with Crippen LogP contribution >= 0.6 is 11.3 Å². The van der Waals surface area contributed by atoms with Crippen molar-refractivity contribution in [3.63, 3.8) is 0 Å². The van der Waals surface area contributed by atoms with E-state index in [1.54, 1.807) is 11.3 Å². The highest BCUT2D eigenvalue weighted by Crippen LogP contribution is 2.30. The maximum atomic E-state index is 4.66. The third-order valence-corrected chi connectivity index (χ3v) is 4.01. The first-order valence-electron chi connectivity index (χ1n) is 5.87. The Morgan fingerprint density at radius 3 is 2.33 bits per heavy atom. The van der Waals surface area contributed by atoms with Crippen LogP contribution in [0.1, 0.15) is 0 Å². The molecule has 0 unspecified atom stereocenters. The third kappa shape index (κ3) is 1.97. The first kappa shape index (κ1) is 11.2. The van der Waals surface area contributed by atoms with Crippen LogP contribution in [-0.2, 0) is 0 Å². The molecular weight excluding hydrogens is 240 g/mol. The topological polar surface area (TPSA) is 16.1 Å². The minimum Gasteiger partial charge on any atom is -0.378 e. The van der Waals surface area contributed by atoms with E-state index in [0.29, 0.717) is 0 Å². The molecule has 0 aliphatic rings. The molecule has 0 amide bonds. The van der Waals surface area contributed by atoms with Gasteiger partial charge in [-0.1, -0.05) is 12.1 Å². The van der Waals surface area contributed by atoms with Crippen molar-refractivity contribution in [3.8, 4) is 10.6 Å². The molecule has 0 radical (unpaired) electrons. The maximum Gasteiger partial charge on any atom is 0.124 e. The lowest BCUT2D eigenvalue weighted by atomic mass is 10.2. The van der Waals surface area contributed by atoms with Crippen molar-refractivity contribution >= 4 is 27.2 Å². The SMILES string of the molecule is CN(C)c1ccc(-c2nc3ccccc3s2)cc1. The second-order valence-electron chi connectivity index (χ2n) is 4.43. The summed E-state index contributed by atoms with van der Waals surface area (Å²) in [5.74, 6) is 0. The fraction of sp³-hybridized carbons (Fsp3) is 0.133. The van der Waals surface area contributed by atoms with E-state index < -0.39 is 0 Å². The van der Waals surface area contributed by atoms with Crippen molar-refractivity contribution in [1.29, 1.82) is 0 Å². The molecule has 0 saturated carbocycles. The molecule has 0 N–H and O–H groups in total. The maximum absolute atomic E-state index is 4.66. The molecule has 3 rings (SSSR count). The molecule has 0 aliphatic carbocycles. The van der Waals surface area contributed by atoms with Gasteiger partial charge in [0.15, 0.2) is 0 Å². The minimum absolute atomic E-state index is 1.08. The Kier molecular flexibility index (Phi) is 2.76. The van der Waals surface area contributed by atoms with Crippen LogP contribution in [0.5, 0.6) is 0 Å². The number of hydrogen-bond acceptors (Lipinski definition) is 3. The van der Waals surface area contributed by atoms with Gasteiger partial charge in [0.25, 0.3) is 0 Å². The Morgan fingerprint density at radius 2 is 1.67 bits per heavy atom. The van der Waals surface area contributed by atoms with E-state index in [1.807, 2.05) is 20.2 Å². The Bertz CT molecular complexity index is 635. The van der Waals surface area contributed by atoms with Gasteiger partial charge in [-0.25, -0.2) is 4.98 Å². The van der Waals surface area contributed by atoms with E-state index in [2.05, 4.69) is 52.3 Å². The van der Waals surface area contributed by atoms with Crippen LogP contribution in [-0.4, -0.2) is 19.1 Å². The van der Waals surface area contributed by atoms with Gasteiger partial charge in [-0.15, -0.1) is 11.3 Å². The molecule has 0 aliphatic heterocycles. The quantitative estimate of drug-likeness (QED) is 0.686. The van der Waals surface area contributed by atoms with Gasteiger partial charge in [0.05, 0.1) is 10.2 Å². The average Bonchev–Trinajstić information content (AvgIpc) is 2.82. The number of para-hydroxylation sites is 1. The molecule has 2 nitrogen and oxygen atoms in total. The smallest absolute Gasteiger partial charge is 0.124 e. The van der Waals surface area contributed by atoms with Crippen molar-refractivity contribution in [1.82, 2.24) is 4.98 Å². The van der Waals surface area contributed by atoms with Crippen LogP contribution in [0.15, 0.2) is 48.5 Å². The second-order valence-corrected chi connectivity index (χ2v) is 5.46. The third-order valence-electron chi connectivity index (χ3n) is 2.92. The summed E-state index contributed by atoms with van der Waals surface area (Å²) in [7, 11) is 4.10. The Labute approximate surface area is 111 Å². The van der Waals surface area contributed by atoms with Gasteiger partial charge in [0.1, 0.15) is 5.01 Å². The molecule has 1 heterocycles. The zero-order valence-electron chi connectivity index (χ0n) is 10.4. The van der Waals surface area contributed by atoms with Crippen LogP contribution in [0.25, 0.3) is 20.8 Å². The summed E-state index contributed by atoms with van der Waals surface area (Å²) in [6.45, 7) is 0. The molecular formula is C15H14N2S. The van der Waals surface area contributed by atoms with Gasteiger partial charge in [-0.05, 0) is 36.4 Å². The standard InChI is InChI=1S/C15H14N2S/c1-17(2)12-9-7-11(8-10-12)15-16-13-5-3-4-6-14(13)18-15/h3-10H,1-2H3. The highest BCUT2D eigenvalue weighted by atomic mass is 32.1. The fourth-order valence-corrected chi connectivity index (χ4v) is 2.87. The number of fused-ring (bicyclic) bond motifs is 1. The van der Waals surface area contributed by atoms with Crippen molar-refractivity contribution in [2.45, 2.75) is 0 Å². The summed E-state index contributed by atoms with van der Waals surface area (Å²) >= 11 is 1.74. The molecule has 0 spiro atoms. The predicted octanol–water partition coefficient (Wildman–Crippen LogP) is 4.03. The monoisotopic (exact) mass is 254 g/mol. The molecule has 3 aromatic rings. The molecule has 18 heavy (non-hydrogen) atoms. The Balaban J connectivity index is 2.03. The number of thiazole rings is 1. The van der Waals surface area contributed by atoms with Gasteiger partial charge in [-0.3, -0.25) is 0 Å². The first-order valence-corrected chi connectivity index (χ1v) is 6.69. The summed E-state index contributed by atoms with van der Waals surface area (Å²) in [4.78, 5) is 6.76. The van der Waals surface area contributed by atoms with Crippen molar-refractivity contribution < 1.29 is 0 Å². The average molecular weight is 254 g/mol. The van der Waals surface area contributed by atoms with Crippen molar-refractivity contribution in [3.05, 3.63) is 48.5 Å². The highest BCUT2D eigenvalue weighted by Gasteiger charge is 2.05. The van der Waals surface area contributed by atoms with Crippen LogP contribution in [0.3, 0.4) is 0 Å². The van der Waals surface area contributed by atoms with Crippen LogP contribution in [0.4, 0.5) is 5.69 Å². The predicted molar refractivity (Wildman–Crippen MR) is 79.4 cm³/mol. The summed E-state index contributed by atoms with van der Waals surface area (Å²) in [5, 5.41) is 1.08. The highest BCUT2D eigenvalue weighted by molar-refractivity contribution is 7.21. The summed E-state index contributed by atoms with van der Waals surface area (Å²) in [6.07, 6.45) is 0. The molecule has 1 aromatic heterocycles. The first-order chi connectivity index (χ1) is 8.74. The molecule has 0 bridgehead atoms. The number of nitrogens with zero attached hydrogens (tertiary/aromatic N) is 2. The van der Waals surface area contributed by atoms with E-state index in [0.717, 1.165) is 10.5 Å². The van der Waals surface area contributed by atoms with Gasteiger partial charge in [0.2, 0.25) is 0 Å². The summed E-state index contributed by atoms with van der Waals surface area (Å²) in [5.41, 5.74) is 3.47. The number of anilines is 1. The van der Waals surface area contributed by atoms with E-state index in [-0.39, 0.29) is 0 Å². The lowest BCUT2D eigenvalue weighted by Gasteiger charge is -2.11. The van der Waals surface area contributed by atoms with E-state index in [1.165, 1.54) is 16.0 Å². The van der Waals surface area contributed by atoms with Crippen LogP contribution in [0, 0.1) is 0 Å². The number of aromatic nitrogens is 1. The van der Waals surface area contributed by atoms with Crippen LogP contribution in [0.2, 0.25) is 0 Å². The molecule has 3 heteroatoms. The fourth-order valence-electron chi connectivity index (χ4n) is 1.90. The summed E-state index contributed by atoms with van der Waals surface area (Å²) in [6, 6.07) is 16.8. The molecule has 0 atom stereocenters. The van der Waals surface area contributed by atoms with Gasteiger partial charge < -0.3 is 4.90 Å². The van der Waals surface area contributed by atoms with Gasteiger partial charge in [0, 0.05) is 25.3 Å². The number of benzene rings is 2. The number of rotatable bonds is 2. The summed E-state index contributed by atoms with van der Waals surface area (Å²) < 4.78 is 1.24. The minimum atomic E-state index is 1.08. The lowest BCUT2D eigenvalue weighted by molar-refractivity contribution is 1.13. The molecule has 0 fully saturated rings. The van der Waals surface area contributed by atoms with Crippen LogP contribution < -0.4 is 4.90 Å². The Hall–Kier alpha value is -1.87. The largest absolute Gasteiger partial charge is 0.378 e. The van der Waals surface area contributed by atoms with Crippen molar-refractivity contribution in [2.75, 3.05) is 19.0 Å². The number of hydrogen-bond donors (Lipinski definition) is 0. The molecule has 0 saturated heterocycles. The van der Waals surface area contributed by atoms with Crippen molar-refractivity contribution in [2.24, 2.45) is 0 Å². The van der Waals surface area contributed by atoms with E-state index in [4.69, 9.17) is 0 Å². The molecule has 90 valence electrons.